The average Bonchev–Trinajstić information content (AvgIpc) is 2.34. The van der Waals surface area contributed by atoms with Crippen molar-refractivity contribution in [1.82, 2.24) is 5.32 Å². The van der Waals surface area contributed by atoms with Gasteiger partial charge in [-0.05, 0) is 38.1 Å². The lowest BCUT2D eigenvalue weighted by molar-refractivity contribution is -0.119. The molecule has 4 N–H and O–H groups in total. The molecule has 0 aliphatic carbocycles. The first kappa shape index (κ1) is 15.7. The van der Waals surface area contributed by atoms with E-state index < -0.39 is 11.4 Å². The van der Waals surface area contributed by atoms with Crippen LogP contribution in [0, 0.1) is 11.8 Å². The van der Waals surface area contributed by atoms with Crippen LogP contribution < -0.4 is 11.1 Å². The van der Waals surface area contributed by atoms with Gasteiger partial charge in [-0.15, -0.1) is 0 Å². The number of hydrogen-bond donors (Lipinski definition) is 3. The molecule has 0 aliphatic heterocycles. The van der Waals surface area contributed by atoms with E-state index in [0.717, 1.165) is 0 Å². The van der Waals surface area contributed by atoms with Crippen LogP contribution in [0.25, 0.3) is 0 Å². The maximum atomic E-state index is 12.0. The molecule has 5 nitrogen and oxygen atoms in total. The summed E-state index contributed by atoms with van der Waals surface area (Å²) in [5.41, 5.74) is 5.62. The zero-order chi connectivity index (χ0) is 15.2. The molecule has 0 radical (unpaired) electrons. The number of carbonyl (C=O) groups excluding carboxylic acids is 2. The smallest absolute Gasteiger partial charge is 0.251 e. The number of aliphatic hydroxyl groups excluding tert-OH is 1. The zero-order valence-electron chi connectivity index (χ0n) is 11.6. The van der Waals surface area contributed by atoms with Gasteiger partial charge in [-0.3, -0.25) is 9.59 Å². The number of carbonyl (C=O) groups is 2. The SMILES string of the molecule is CC(C)(CC(N)=O)NC(=O)c1ccc(C#CCO)cc1. The first-order valence-corrected chi connectivity index (χ1v) is 6.15. The van der Waals surface area contributed by atoms with Crippen LogP contribution >= 0.6 is 0 Å². The molecule has 0 bridgehead atoms. The highest BCUT2D eigenvalue weighted by atomic mass is 16.2. The molecule has 0 heterocycles. The number of nitrogens with one attached hydrogen (secondary N) is 1. The highest BCUT2D eigenvalue weighted by Crippen LogP contribution is 2.10. The number of hydrogen-bond acceptors (Lipinski definition) is 3. The maximum Gasteiger partial charge on any atom is 0.251 e. The predicted molar refractivity (Wildman–Crippen MR) is 75.8 cm³/mol. The second kappa shape index (κ2) is 6.73. The maximum absolute atomic E-state index is 12.0. The van der Waals surface area contributed by atoms with Gasteiger partial charge >= 0.3 is 0 Å². The standard InChI is InChI=1S/C15H18N2O3/c1-15(2,10-13(16)19)17-14(20)12-7-5-11(6-8-12)4-3-9-18/h5-8,18H,9-10H2,1-2H3,(H2,16,19)(H,17,20). The summed E-state index contributed by atoms with van der Waals surface area (Å²) in [4.78, 5) is 22.9. The van der Waals surface area contributed by atoms with E-state index in [-0.39, 0.29) is 18.9 Å². The third-order valence-electron chi connectivity index (χ3n) is 2.53. The van der Waals surface area contributed by atoms with Crippen LogP contribution in [0.15, 0.2) is 24.3 Å². The first-order chi connectivity index (χ1) is 9.34. The van der Waals surface area contributed by atoms with Gasteiger partial charge in [-0.2, -0.15) is 0 Å². The van der Waals surface area contributed by atoms with Crippen LogP contribution in [-0.4, -0.2) is 29.1 Å². The monoisotopic (exact) mass is 274 g/mol. The molecule has 106 valence electrons. The van der Waals surface area contributed by atoms with Gasteiger partial charge in [0.15, 0.2) is 0 Å². The van der Waals surface area contributed by atoms with E-state index in [1.807, 2.05) is 0 Å². The van der Waals surface area contributed by atoms with Gasteiger partial charge in [0.05, 0.1) is 0 Å². The number of rotatable bonds is 4. The number of amides is 2. The number of nitrogens with two attached hydrogens (primary N) is 1. The second-order valence-corrected chi connectivity index (χ2v) is 5.02. The van der Waals surface area contributed by atoms with Crippen LogP contribution in [0.2, 0.25) is 0 Å². The Labute approximate surface area is 118 Å². The fourth-order valence-electron chi connectivity index (χ4n) is 1.71. The number of benzene rings is 1. The fraction of sp³-hybridized carbons (Fsp3) is 0.333. The van der Waals surface area contributed by atoms with Crippen molar-refractivity contribution in [3.63, 3.8) is 0 Å². The molecular formula is C15H18N2O3. The lowest BCUT2D eigenvalue weighted by atomic mass is 9.99. The molecule has 20 heavy (non-hydrogen) atoms. The molecule has 0 spiro atoms. The lowest BCUT2D eigenvalue weighted by Crippen LogP contribution is -2.46. The zero-order valence-corrected chi connectivity index (χ0v) is 11.6. The van der Waals surface area contributed by atoms with Gasteiger partial charge in [0.1, 0.15) is 6.61 Å². The van der Waals surface area contributed by atoms with Crippen LogP contribution in [0.5, 0.6) is 0 Å². The van der Waals surface area contributed by atoms with E-state index in [9.17, 15) is 9.59 Å². The van der Waals surface area contributed by atoms with Crippen LogP contribution in [-0.2, 0) is 4.79 Å². The van der Waals surface area contributed by atoms with Gasteiger partial charge in [0.2, 0.25) is 5.91 Å². The van der Waals surface area contributed by atoms with Crippen LogP contribution in [0.3, 0.4) is 0 Å². The molecule has 0 saturated carbocycles. The Bertz CT molecular complexity index is 551. The Morgan fingerprint density at radius 3 is 2.40 bits per heavy atom. The molecule has 0 atom stereocenters. The molecular weight excluding hydrogens is 256 g/mol. The predicted octanol–water partition coefficient (Wildman–Crippen LogP) is 0.414. The molecule has 0 fully saturated rings. The van der Waals surface area contributed by atoms with Crippen LogP contribution in [0.4, 0.5) is 0 Å². The van der Waals surface area contributed by atoms with E-state index in [4.69, 9.17) is 10.8 Å². The first-order valence-electron chi connectivity index (χ1n) is 6.15. The summed E-state index contributed by atoms with van der Waals surface area (Å²) in [7, 11) is 0. The lowest BCUT2D eigenvalue weighted by Gasteiger charge is -2.24. The summed E-state index contributed by atoms with van der Waals surface area (Å²) in [6.07, 6.45) is 0.0683. The molecule has 0 saturated heterocycles. The summed E-state index contributed by atoms with van der Waals surface area (Å²) < 4.78 is 0. The van der Waals surface area contributed by atoms with E-state index in [1.165, 1.54) is 0 Å². The molecule has 1 aromatic carbocycles. The highest BCUT2D eigenvalue weighted by molar-refractivity contribution is 5.95. The number of aliphatic hydroxyl groups is 1. The highest BCUT2D eigenvalue weighted by Gasteiger charge is 2.23. The Kier molecular flexibility index (Phi) is 5.30. The summed E-state index contributed by atoms with van der Waals surface area (Å²) in [6, 6.07) is 6.66. The Balaban J connectivity index is 2.75. The second-order valence-electron chi connectivity index (χ2n) is 5.02. The summed E-state index contributed by atoms with van der Waals surface area (Å²) >= 11 is 0. The minimum atomic E-state index is -0.696. The van der Waals surface area contributed by atoms with Crippen molar-refractivity contribution in [2.75, 3.05) is 6.61 Å². The van der Waals surface area contributed by atoms with Gasteiger partial charge in [0.25, 0.3) is 5.91 Å². The Morgan fingerprint density at radius 1 is 1.30 bits per heavy atom. The van der Waals surface area contributed by atoms with E-state index in [1.54, 1.807) is 38.1 Å². The van der Waals surface area contributed by atoms with Crippen molar-refractivity contribution in [1.29, 1.82) is 0 Å². The summed E-state index contributed by atoms with van der Waals surface area (Å²) in [6.45, 7) is 3.26. The minimum absolute atomic E-state index is 0.0683. The molecule has 0 aromatic heterocycles. The van der Waals surface area contributed by atoms with Crippen molar-refractivity contribution in [3.05, 3.63) is 35.4 Å². The normalized spacial score (nSPS) is 10.3. The molecule has 1 rings (SSSR count). The topological polar surface area (TPSA) is 92.4 Å². The van der Waals surface area contributed by atoms with E-state index in [0.29, 0.717) is 11.1 Å². The Morgan fingerprint density at radius 2 is 1.90 bits per heavy atom. The van der Waals surface area contributed by atoms with Crippen molar-refractivity contribution in [3.8, 4) is 11.8 Å². The van der Waals surface area contributed by atoms with Crippen molar-refractivity contribution in [2.45, 2.75) is 25.8 Å². The molecule has 1 aromatic rings. The van der Waals surface area contributed by atoms with Gasteiger partial charge in [-0.1, -0.05) is 11.8 Å². The van der Waals surface area contributed by atoms with Gasteiger partial charge < -0.3 is 16.2 Å². The van der Waals surface area contributed by atoms with Gasteiger partial charge in [-0.25, -0.2) is 0 Å². The largest absolute Gasteiger partial charge is 0.384 e. The van der Waals surface area contributed by atoms with E-state index >= 15 is 0 Å². The van der Waals surface area contributed by atoms with Crippen molar-refractivity contribution < 1.29 is 14.7 Å². The number of primary amides is 1. The summed E-state index contributed by atoms with van der Waals surface area (Å²) in [5.74, 6) is 4.52. The molecule has 5 heteroatoms. The molecule has 0 unspecified atom stereocenters. The molecule has 2 amide bonds. The van der Waals surface area contributed by atoms with Gasteiger partial charge in [0, 0.05) is 23.1 Å². The Hall–Kier alpha value is -2.32. The van der Waals surface area contributed by atoms with Crippen LogP contribution in [0.1, 0.15) is 36.2 Å². The quantitative estimate of drug-likeness (QED) is 0.694. The fourth-order valence-corrected chi connectivity index (χ4v) is 1.71. The average molecular weight is 274 g/mol. The van der Waals surface area contributed by atoms with E-state index in [2.05, 4.69) is 17.2 Å². The molecule has 0 aliphatic rings. The third kappa shape index (κ3) is 5.12. The van der Waals surface area contributed by atoms with Crippen molar-refractivity contribution >= 4 is 11.8 Å². The minimum Gasteiger partial charge on any atom is -0.384 e. The van der Waals surface area contributed by atoms with Crippen molar-refractivity contribution in [2.24, 2.45) is 5.73 Å². The third-order valence-corrected chi connectivity index (χ3v) is 2.53. The summed E-state index contributed by atoms with van der Waals surface area (Å²) in [5, 5.41) is 11.3.